The molecule has 0 fully saturated rings. The van der Waals surface area contributed by atoms with Crippen LogP contribution >= 0.6 is 0 Å². The molecule has 1 aromatic rings. The zero-order valence-corrected chi connectivity index (χ0v) is 8.13. The molecule has 1 aromatic heterocycles. The minimum atomic E-state index is -0.384. The number of nitrogens with zero attached hydrogens (tertiary/aromatic N) is 1. The molecular weight excluding hydrogens is 166 g/mol. The number of aromatic nitrogens is 1. The van der Waals surface area contributed by atoms with Gasteiger partial charge in [0.15, 0.2) is 0 Å². The maximum absolute atomic E-state index is 11.1. The first-order chi connectivity index (χ1) is 6.19. The quantitative estimate of drug-likeness (QED) is 0.649. The first-order valence-electron chi connectivity index (χ1n) is 4.24. The van der Waals surface area contributed by atoms with Crippen LogP contribution in [-0.4, -0.2) is 18.1 Å². The number of pyridine rings is 1. The van der Waals surface area contributed by atoms with Crippen LogP contribution in [-0.2, 0) is 11.2 Å². The SMILES string of the molecule is CCc1ccc(C(=O)OC)nc1C. The second kappa shape index (κ2) is 4.03. The molecule has 0 aliphatic carbocycles. The molecule has 0 aliphatic heterocycles. The van der Waals surface area contributed by atoms with Crippen molar-refractivity contribution in [2.75, 3.05) is 7.11 Å². The average molecular weight is 179 g/mol. The lowest BCUT2D eigenvalue weighted by atomic mass is 10.1. The van der Waals surface area contributed by atoms with Crippen molar-refractivity contribution in [1.29, 1.82) is 0 Å². The number of aryl methyl sites for hydroxylation is 2. The normalized spacial score (nSPS) is 9.77. The van der Waals surface area contributed by atoms with Gasteiger partial charge in [0.2, 0.25) is 0 Å². The molecule has 0 aliphatic rings. The Bertz CT molecular complexity index is 321. The van der Waals surface area contributed by atoms with E-state index in [4.69, 9.17) is 0 Å². The molecule has 3 nitrogen and oxygen atoms in total. The average Bonchev–Trinajstić information content (AvgIpc) is 2.16. The lowest BCUT2D eigenvalue weighted by Crippen LogP contribution is -2.06. The minimum Gasteiger partial charge on any atom is -0.464 e. The van der Waals surface area contributed by atoms with E-state index in [1.54, 1.807) is 6.07 Å². The highest BCUT2D eigenvalue weighted by molar-refractivity contribution is 5.87. The van der Waals surface area contributed by atoms with E-state index in [9.17, 15) is 4.79 Å². The van der Waals surface area contributed by atoms with Gasteiger partial charge in [-0.1, -0.05) is 13.0 Å². The molecule has 0 spiro atoms. The highest BCUT2D eigenvalue weighted by atomic mass is 16.5. The van der Waals surface area contributed by atoms with Crippen molar-refractivity contribution < 1.29 is 9.53 Å². The Hall–Kier alpha value is -1.38. The van der Waals surface area contributed by atoms with E-state index < -0.39 is 0 Å². The summed E-state index contributed by atoms with van der Waals surface area (Å²) < 4.78 is 4.56. The van der Waals surface area contributed by atoms with Crippen LogP contribution in [0, 0.1) is 6.92 Å². The number of carbonyl (C=O) groups excluding carboxylic acids is 1. The Labute approximate surface area is 77.8 Å². The van der Waals surface area contributed by atoms with Crippen molar-refractivity contribution in [3.05, 3.63) is 29.1 Å². The van der Waals surface area contributed by atoms with Gasteiger partial charge in [-0.25, -0.2) is 9.78 Å². The Kier molecular flexibility index (Phi) is 3.01. The summed E-state index contributed by atoms with van der Waals surface area (Å²) in [5.41, 5.74) is 2.43. The number of rotatable bonds is 2. The predicted molar refractivity (Wildman–Crippen MR) is 49.7 cm³/mol. The molecule has 70 valence electrons. The minimum absolute atomic E-state index is 0.372. The molecule has 0 unspecified atom stereocenters. The molecule has 13 heavy (non-hydrogen) atoms. The standard InChI is InChI=1S/C10H13NO2/c1-4-8-5-6-9(10(12)13-3)11-7(8)2/h5-6H,4H2,1-3H3. The summed E-state index contributed by atoms with van der Waals surface area (Å²) in [7, 11) is 1.35. The Morgan fingerprint density at radius 3 is 2.69 bits per heavy atom. The van der Waals surface area contributed by atoms with E-state index in [1.165, 1.54) is 7.11 Å². The fourth-order valence-corrected chi connectivity index (χ4v) is 1.18. The van der Waals surface area contributed by atoms with Crippen molar-refractivity contribution in [3.8, 4) is 0 Å². The molecule has 0 bridgehead atoms. The zero-order valence-electron chi connectivity index (χ0n) is 8.13. The highest BCUT2D eigenvalue weighted by Gasteiger charge is 2.07. The number of hydrogen-bond donors (Lipinski definition) is 0. The first kappa shape index (κ1) is 9.71. The number of carbonyl (C=O) groups is 1. The van der Waals surface area contributed by atoms with Gasteiger partial charge in [0.25, 0.3) is 0 Å². The van der Waals surface area contributed by atoms with Crippen molar-refractivity contribution in [1.82, 2.24) is 4.98 Å². The third kappa shape index (κ3) is 2.05. The molecule has 1 heterocycles. The van der Waals surface area contributed by atoms with E-state index in [2.05, 4.69) is 16.6 Å². The van der Waals surface area contributed by atoms with Crippen LogP contribution in [0.4, 0.5) is 0 Å². The smallest absolute Gasteiger partial charge is 0.356 e. The number of methoxy groups -OCH3 is 1. The van der Waals surface area contributed by atoms with Gasteiger partial charge < -0.3 is 4.74 Å². The fraction of sp³-hybridized carbons (Fsp3) is 0.400. The Balaban J connectivity index is 3.02. The second-order valence-electron chi connectivity index (χ2n) is 2.79. The summed E-state index contributed by atoms with van der Waals surface area (Å²) in [6, 6.07) is 3.60. The highest BCUT2D eigenvalue weighted by Crippen LogP contribution is 2.07. The molecule has 0 atom stereocenters. The van der Waals surface area contributed by atoms with Crippen LogP contribution in [0.5, 0.6) is 0 Å². The number of hydrogen-bond acceptors (Lipinski definition) is 3. The van der Waals surface area contributed by atoms with Crippen molar-refractivity contribution in [2.45, 2.75) is 20.3 Å². The summed E-state index contributed by atoms with van der Waals surface area (Å²) in [4.78, 5) is 15.2. The summed E-state index contributed by atoms with van der Waals surface area (Å²) in [6.07, 6.45) is 0.931. The molecule has 1 rings (SSSR count). The van der Waals surface area contributed by atoms with E-state index in [-0.39, 0.29) is 5.97 Å². The van der Waals surface area contributed by atoms with Gasteiger partial charge in [-0.3, -0.25) is 0 Å². The van der Waals surface area contributed by atoms with Crippen LogP contribution in [0.3, 0.4) is 0 Å². The van der Waals surface area contributed by atoms with E-state index in [0.29, 0.717) is 5.69 Å². The molecule has 3 heteroatoms. The molecule has 0 radical (unpaired) electrons. The van der Waals surface area contributed by atoms with Gasteiger partial charge >= 0.3 is 5.97 Å². The van der Waals surface area contributed by atoms with Gasteiger partial charge in [-0.05, 0) is 25.0 Å². The van der Waals surface area contributed by atoms with Crippen molar-refractivity contribution >= 4 is 5.97 Å². The van der Waals surface area contributed by atoms with Crippen molar-refractivity contribution in [2.24, 2.45) is 0 Å². The lowest BCUT2D eigenvalue weighted by Gasteiger charge is -2.03. The van der Waals surface area contributed by atoms with Crippen LogP contribution in [0.25, 0.3) is 0 Å². The maximum atomic E-state index is 11.1. The van der Waals surface area contributed by atoms with Gasteiger partial charge in [-0.15, -0.1) is 0 Å². The van der Waals surface area contributed by atoms with Gasteiger partial charge in [0.1, 0.15) is 5.69 Å². The first-order valence-corrected chi connectivity index (χ1v) is 4.24. The summed E-state index contributed by atoms with van der Waals surface area (Å²) in [5.74, 6) is -0.384. The number of ether oxygens (including phenoxy) is 1. The third-order valence-corrected chi connectivity index (χ3v) is 1.97. The van der Waals surface area contributed by atoms with Gasteiger partial charge in [0, 0.05) is 5.69 Å². The summed E-state index contributed by atoms with van der Waals surface area (Å²) in [6.45, 7) is 3.95. The lowest BCUT2D eigenvalue weighted by molar-refractivity contribution is 0.0594. The molecule has 0 aromatic carbocycles. The molecule has 0 amide bonds. The van der Waals surface area contributed by atoms with Crippen molar-refractivity contribution in [3.63, 3.8) is 0 Å². The maximum Gasteiger partial charge on any atom is 0.356 e. The second-order valence-corrected chi connectivity index (χ2v) is 2.79. The van der Waals surface area contributed by atoms with Crippen LogP contribution in [0.1, 0.15) is 28.7 Å². The Morgan fingerprint density at radius 1 is 1.54 bits per heavy atom. The number of esters is 1. The molecule has 0 saturated carbocycles. The largest absolute Gasteiger partial charge is 0.464 e. The Morgan fingerprint density at radius 2 is 2.23 bits per heavy atom. The van der Waals surface area contributed by atoms with Crippen LogP contribution < -0.4 is 0 Å². The van der Waals surface area contributed by atoms with Crippen LogP contribution in [0.2, 0.25) is 0 Å². The monoisotopic (exact) mass is 179 g/mol. The summed E-state index contributed by atoms with van der Waals surface area (Å²) in [5, 5.41) is 0. The molecular formula is C10H13NO2. The predicted octanol–water partition coefficient (Wildman–Crippen LogP) is 1.74. The third-order valence-electron chi connectivity index (χ3n) is 1.97. The van der Waals surface area contributed by atoms with E-state index in [1.807, 2.05) is 13.0 Å². The molecule has 0 N–H and O–H groups in total. The van der Waals surface area contributed by atoms with E-state index >= 15 is 0 Å². The summed E-state index contributed by atoms with van der Waals surface area (Å²) >= 11 is 0. The zero-order chi connectivity index (χ0) is 9.84. The molecule has 0 saturated heterocycles. The van der Waals surface area contributed by atoms with Gasteiger partial charge in [-0.2, -0.15) is 0 Å². The van der Waals surface area contributed by atoms with Crippen LogP contribution in [0.15, 0.2) is 12.1 Å². The van der Waals surface area contributed by atoms with Gasteiger partial charge in [0.05, 0.1) is 7.11 Å². The fourth-order valence-electron chi connectivity index (χ4n) is 1.18. The van der Waals surface area contributed by atoms with E-state index in [0.717, 1.165) is 17.7 Å². The topological polar surface area (TPSA) is 39.2 Å².